The predicted molar refractivity (Wildman–Crippen MR) is 61.5 cm³/mol. The van der Waals surface area contributed by atoms with Crippen LogP contribution < -0.4 is 5.32 Å². The largest absolute Gasteiger partial charge is 0.478 e. The molecule has 1 saturated heterocycles. The standard InChI is InChI=1S/C12H15NO5/c1-7(8-2-3-17-5-8)13-11(14)10-4-9(6-18-10)12(15)16/h4,6-8H,2-3,5H2,1H3,(H,13,14)(H,15,16). The van der Waals surface area contributed by atoms with Gasteiger partial charge in [-0.25, -0.2) is 4.79 Å². The Hall–Kier alpha value is -1.82. The van der Waals surface area contributed by atoms with Crippen LogP contribution in [0.2, 0.25) is 0 Å². The van der Waals surface area contributed by atoms with Crippen LogP contribution in [-0.4, -0.2) is 36.2 Å². The maximum Gasteiger partial charge on any atom is 0.338 e. The molecule has 0 bridgehead atoms. The van der Waals surface area contributed by atoms with Crippen molar-refractivity contribution >= 4 is 11.9 Å². The third-order valence-electron chi connectivity index (χ3n) is 3.10. The zero-order valence-corrected chi connectivity index (χ0v) is 10.0. The smallest absolute Gasteiger partial charge is 0.338 e. The monoisotopic (exact) mass is 253 g/mol. The van der Waals surface area contributed by atoms with Crippen LogP contribution in [0.3, 0.4) is 0 Å². The molecule has 98 valence electrons. The van der Waals surface area contributed by atoms with Gasteiger partial charge in [0, 0.05) is 24.6 Å². The zero-order chi connectivity index (χ0) is 13.1. The highest BCUT2D eigenvalue weighted by atomic mass is 16.5. The van der Waals surface area contributed by atoms with Gasteiger partial charge < -0.3 is 19.6 Å². The SMILES string of the molecule is CC(NC(=O)c1cc(C(=O)O)co1)C1CCOC1. The second-order valence-electron chi connectivity index (χ2n) is 4.39. The minimum atomic E-state index is -1.12. The molecule has 2 atom stereocenters. The number of carboxylic acid groups (broad SMARTS) is 1. The lowest BCUT2D eigenvalue weighted by Crippen LogP contribution is -2.38. The van der Waals surface area contributed by atoms with Crippen LogP contribution in [0.15, 0.2) is 16.7 Å². The minimum absolute atomic E-state index is 0.0122. The summed E-state index contributed by atoms with van der Waals surface area (Å²) in [6.45, 7) is 3.26. The first kappa shape index (κ1) is 12.6. The molecular formula is C12H15NO5. The van der Waals surface area contributed by atoms with Crippen LogP contribution >= 0.6 is 0 Å². The Morgan fingerprint density at radius 1 is 1.56 bits per heavy atom. The quantitative estimate of drug-likeness (QED) is 0.839. The van der Waals surface area contributed by atoms with Crippen molar-refractivity contribution in [3.05, 3.63) is 23.7 Å². The van der Waals surface area contributed by atoms with Crippen LogP contribution in [0.1, 0.15) is 34.3 Å². The number of hydrogen-bond donors (Lipinski definition) is 2. The maximum atomic E-state index is 11.8. The number of ether oxygens (including phenoxy) is 1. The number of rotatable bonds is 4. The first-order valence-electron chi connectivity index (χ1n) is 5.78. The lowest BCUT2D eigenvalue weighted by Gasteiger charge is -2.18. The van der Waals surface area contributed by atoms with Gasteiger partial charge in [-0.2, -0.15) is 0 Å². The summed E-state index contributed by atoms with van der Waals surface area (Å²) in [6.07, 6.45) is 1.97. The van der Waals surface area contributed by atoms with Crippen molar-refractivity contribution in [3.8, 4) is 0 Å². The number of nitrogens with one attached hydrogen (secondary N) is 1. The molecule has 0 saturated carbocycles. The highest BCUT2D eigenvalue weighted by molar-refractivity contribution is 5.95. The molecule has 0 radical (unpaired) electrons. The van der Waals surface area contributed by atoms with Crippen molar-refractivity contribution in [2.75, 3.05) is 13.2 Å². The number of furan rings is 1. The summed E-state index contributed by atoms with van der Waals surface area (Å²) < 4.78 is 10.2. The van der Waals surface area contributed by atoms with Crippen molar-refractivity contribution in [1.82, 2.24) is 5.32 Å². The van der Waals surface area contributed by atoms with E-state index in [2.05, 4.69) is 5.32 Å². The number of aromatic carboxylic acids is 1. The van der Waals surface area contributed by atoms with Crippen LogP contribution in [-0.2, 0) is 4.74 Å². The van der Waals surface area contributed by atoms with Crippen molar-refractivity contribution in [1.29, 1.82) is 0 Å². The summed E-state index contributed by atoms with van der Waals surface area (Å²) in [7, 11) is 0. The van der Waals surface area contributed by atoms with Gasteiger partial charge in [-0.05, 0) is 13.3 Å². The molecular weight excluding hydrogens is 238 g/mol. The lowest BCUT2D eigenvalue weighted by atomic mass is 10.0. The minimum Gasteiger partial charge on any atom is -0.478 e. The molecule has 0 aromatic carbocycles. The lowest BCUT2D eigenvalue weighted by molar-refractivity contribution is 0.0695. The van der Waals surface area contributed by atoms with Crippen molar-refractivity contribution in [2.24, 2.45) is 5.92 Å². The Kier molecular flexibility index (Phi) is 3.66. The number of amides is 1. The van der Waals surface area contributed by atoms with E-state index in [0.717, 1.165) is 19.3 Å². The van der Waals surface area contributed by atoms with Gasteiger partial charge in [0.1, 0.15) is 6.26 Å². The number of carbonyl (C=O) groups is 2. The van der Waals surface area contributed by atoms with Crippen molar-refractivity contribution in [2.45, 2.75) is 19.4 Å². The fourth-order valence-electron chi connectivity index (χ4n) is 1.91. The van der Waals surface area contributed by atoms with Crippen LogP contribution in [0, 0.1) is 5.92 Å². The fourth-order valence-corrected chi connectivity index (χ4v) is 1.91. The third kappa shape index (κ3) is 2.70. The van der Waals surface area contributed by atoms with Crippen LogP contribution in [0.5, 0.6) is 0 Å². The molecule has 1 aromatic rings. The molecule has 2 rings (SSSR count). The van der Waals surface area contributed by atoms with E-state index < -0.39 is 11.9 Å². The first-order chi connectivity index (χ1) is 8.58. The maximum absolute atomic E-state index is 11.8. The molecule has 6 heteroatoms. The number of carboxylic acids is 1. The average molecular weight is 253 g/mol. The topological polar surface area (TPSA) is 88.8 Å². The number of hydrogen-bond acceptors (Lipinski definition) is 4. The van der Waals surface area contributed by atoms with E-state index >= 15 is 0 Å². The molecule has 2 heterocycles. The highest BCUT2D eigenvalue weighted by Gasteiger charge is 2.25. The molecule has 1 amide bonds. The van der Waals surface area contributed by atoms with Crippen LogP contribution in [0.25, 0.3) is 0 Å². The van der Waals surface area contributed by atoms with Crippen LogP contribution in [0.4, 0.5) is 0 Å². The van der Waals surface area contributed by atoms with E-state index in [9.17, 15) is 9.59 Å². The third-order valence-corrected chi connectivity index (χ3v) is 3.10. The van der Waals surface area contributed by atoms with Gasteiger partial charge in [-0.1, -0.05) is 0 Å². The van der Waals surface area contributed by atoms with E-state index in [0.29, 0.717) is 12.5 Å². The second-order valence-corrected chi connectivity index (χ2v) is 4.39. The van der Waals surface area contributed by atoms with Crippen molar-refractivity contribution < 1.29 is 23.8 Å². The Labute approximate surface area is 104 Å². The van der Waals surface area contributed by atoms with E-state index in [1.807, 2.05) is 6.92 Å². The zero-order valence-electron chi connectivity index (χ0n) is 10.0. The van der Waals surface area contributed by atoms with Gasteiger partial charge in [0.2, 0.25) is 0 Å². The molecule has 6 nitrogen and oxygen atoms in total. The summed E-state index contributed by atoms with van der Waals surface area (Å²) in [6, 6.07) is 1.19. The molecule has 1 aromatic heterocycles. The average Bonchev–Trinajstić information content (AvgIpc) is 3.00. The van der Waals surface area contributed by atoms with Crippen molar-refractivity contribution in [3.63, 3.8) is 0 Å². The molecule has 0 spiro atoms. The summed E-state index contributed by atoms with van der Waals surface area (Å²) in [4.78, 5) is 22.5. The Bertz CT molecular complexity index is 447. The molecule has 1 aliphatic rings. The first-order valence-corrected chi connectivity index (χ1v) is 5.78. The van der Waals surface area contributed by atoms with Gasteiger partial charge in [0.25, 0.3) is 5.91 Å². The Balaban J connectivity index is 1.95. The summed E-state index contributed by atoms with van der Waals surface area (Å²) >= 11 is 0. The van der Waals surface area contributed by atoms with E-state index in [4.69, 9.17) is 14.3 Å². The highest BCUT2D eigenvalue weighted by Crippen LogP contribution is 2.17. The Morgan fingerprint density at radius 3 is 2.89 bits per heavy atom. The molecule has 2 N–H and O–H groups in total. The normalized spacial score (nSPS) is 20.6. The summed E-state index contributed by atoms with van der Waals surface area (Å²) in [5.41, 5.74) is -0.0306. The van der Waals surface area contributed by atoms with Gasteiger partial charge in [-0.3, -0.25) is 4.79 Å². The van der Waals surface area contributed by atoms with Gasteiger partial charge >= 0.3 is 5.97 Å². The van der Waals surface area contributed by atoms with E-state index in [1.54, 1.807) is 0 Å². The van der Waals surface area contributed by atoms with E-state index in [1.165, 1.54) is 6.07 Å². The molecule has 2 unspecified atom stereocenters. The Morgan fingerprint density at radius 2 is 2.33 bits per heavy atom. The van der Waals surface area contributed by atoms with Gasteiger partial charge in [0.05, 0.1) is 12.2 Å². The second kappa shape index (κ2) is 5.22. The predicted octanol–water partition coefficient (Wildman–Crippen LogP) is 1.13. The fraction of sp³-hybridized carbons (Fsp3) is 0.500. The molecule has 0 aliphatic carbocycles. The summed E-state index contributed by atoms with van der Waals surface area (Å²) in [5, 5.41) is 11.5. The number of carbonyl (C=O) groups excluding carboxylic acids is 1. The molecule has 18 heavy (non-hydrogen) atoms. The summed E-state index contributed by atoms with van der Waals surface area (Å²) in [5.74, 6) is -1.21. The molecule has 1 fully saturated rings. The molecule has 1 aliphatic heterocycles. The van der Waals surface area contributed by atoms with Gasteiger partial charge in [-0.15, -0.1) is 0 Å². The van der Waals surface area contributed by atoms with E-state index in [-0.39, 0.29) is 17.4 Å². The van der Waals surface area contributed by atoms with Gasteiger partial charge in [0.15, 0.2) is 5.76 Å².